The Labute approximate surface area is 129 Å². The summed E-state index contributed by atoms with van der Waals surface area (Å²) in [5, 5.41) is 3.60. The summed E-state index contributed by atoms with van der Waals surface area (Å²) in [7, 11) is -5.75. The molecule has 0 bridgehead atoms. The summed E-state index contributed by atoms with van der Waals surface area (Å²) in [6.07, 6.45) is 1.48. The fourth-order valence-corrected chi connectivity index (χ4v) is 2.18. The van der Waals surface area contributed by atoms with Gasteiger partial charge in [-0.2, -0.15) is 26.6 Å². The quantitative estimate of drug-likeness (QED) is 0.469. The number of aryl methyl sites for hydroxylation is 1. The van der Waals surface area contributed by atoms with E-state index in [1.165, 1.54) is 18.2 Å². The van der Waals surface area contributed by atoms with Gasteiger partial charge in [0.25, 0.3) is 5.89 Å². The van der Waals surface area contributed by atoms with Crippen LogP contribution in [-0.2, 0) is 16.5 Å². The van der Waals surface area contributed by atoms with Crippen LogP contribution in [-0.4, -0.2) is 24.1 Å². The lowest BCUT2D eigenvalue weighted by atomic mass is 10.1. The summed E-state index contributed by atoms with van der Waals surface area (Å²) in [6.45, 7) is 5.07. The standard InChI is InChI=1S/C13H11F3N2O4S/c1-3-4-9-7-10(12-17-8(2)18-21-12)5-6-11(9)22-23(19,20)13(14,15)16/h3,5-7H,1,4H2,2H3. The van der Waals surface area contributed by atoms with Gasteiger partial charge in [0.15, 0.2) is 5.82 Å². The van der Waals surface area contributed by atoms with Crippen LogP contribution in [0, 0.1) is 6.92 Å². The van der Waals surface area contributed by atoms with Gasteiger partial charge >= 0.3 is 15.6 Å². The molecule has 0 atom stereocenters. The number of benzene rings is 1. The van der Waals surface area contributed by atoms with Gasteiger partial charge in [-0.1, -0.05) is 11.2 Å². The molecule has 2 aromatic rings. The molecule has 0 fully saturated rings. The molecule has 0 unspecified atom stereocenters. The SMILES string of the molecule is C=CCc1cc(-c2nc(C)no2)ccc1OS(=O)(=O)C(F)(F)F. The van der Waals surface area contributed by atoms with Crippen LogP contribution in [0.2, 0.25) is 0 Å². The maximum Gasteiger partial charge on any atom is 0.534 e. The minimum absolute atomic E-state index is 0.0870. The second-order valence-electron chi connectivity index (χ2n) is 4.45. The van der Waals surface area contributed by atoms with Crippen LogP contribution in [0.4, 0.5) is 13.2 Å². The van der Waals surface area contributed by atoms with E-state index in [1.807, 2.05) is 0 Å². The Kier molecular flexibility index (Phi) is 4.46. The normalized spacial score (nSPS) is 12.2. The highest BCUT2D eigenvalue weighted by Gasteiger charge is 2.48. The molecule has 0 radical (unpaired) electrons. The van der Waals surface area contributed by atoms with Gasteiger partial charge in [0, 0.05) is 11.1 Å². The van der Waals surface area contributed by atoms with Gasteiger partial charge in [-0.15, -0.1) is 6.58 Å². The minimum atomic E-state index is -5.75. The lowest BCUT2D eigenvalue weighted by molar-refractivity contribution is -0.0500. The van der Waals surface area contributed by atoms with Crippen molar-refractivity contribution in [2.24, 2.45) is 0 Å². The number of alkyl halides is 3. The molecule has 0 saturated heterocycles. The third-order valence-electron chi connectivity index (χ3n) is 2.68. The molecular formula is C13H11F3N2O4S. The Bertz CT molecular complexity index is 828. The third-order valence-corrected chi connectivity index (χ3v) is 3.65. The van der Waals surface area contributed by atoms with E-state index in [2.05, 4.69) is 20.9 Å². The van der Waals surface area contributed by atoms with Gasteiger partial charge in [-0.3, -0.25) is 0 Å². The Morgan fingerprint density at radius 2 is 2.09 bits per heavy atom. The molecule has 0 aliphatic carbocycles. The summed E-state index contributed by atoms with van der Waals surface area (Å²) in [5.41, 5.74) is -4.92. The van der Waals surface area contributed by atoms with E-state index in [9.17, 15) is 21.6 Å². The highest BCUT2D eigenvalue weighted by Crippen LogP contribution is 2.31. The van der Waals surface area contributed by atoms with Gasteiger partial charge in [0.2, 0.25) is 0 Å². The largest absolute Gasteiger partial charge is 0.534 e. The fraction of sp³-hybridized carbons (Fsp3) is 0.231. The zero-order valence-corrected chi connectivity index (χ0v) is 12.6. The lowest BCUT2D eigenvalue weighted by Crippen LogP contribution is -2.28. The summed E-state index contributed by atoms with van der Waals surface area (Å²) in [4.78, 5) is 3.98. The van der Waals surface area contributed by atoms with Gasteiger partial charge in [-0.25, -0.2) is 0 Å². The predicted molar refractivity (Wildman–Crippen MR) is 74.0 cm³/mol. The molecule has 0 aliphatic rings. The molecule has 0 aliphatic heterocycles. The number of halogens is 3. The van der Waals surface area contributed by atoms with Crippen molar-refractivity contribution in [2.75, 3.05) is 0 Å². The molecule has 0 N–H and O–H groups in total. The minimum Gasteiger partial charge on any atom is -0.376 e. The van der Waals surface area contributed by atoms with Crippen LogP contribution in [0.3, 0.4) is 0 Å². The average Bonchev–Trinajstić information content (AvgIpc) is 2.86. The first-order valence-corrected chi connectivity index (χ1v) is 7.60. The highest BCUT2D eigenvalue weighted by molar-refractivity contribution is 7.88. The second kappa shape index (κ2) is 6.03. The van der Waals surface area contributed by atoms with Crippen molar-refractivity contribution in [3.8, 4) is 17.2 Å². The fourth-order valence-electron chi connectivity index (χ4n) is 1.69. The van der Waals surface area contributed by atoms with Crippen molar-refractivity contribution >= 4 is 10.1 Å². The topological polar surface area (TPSA) is 82.3 Å². The van der Waals surface area contributed by atoms with Gasteiger partial charge in [0.05, 0.1) is 0 Å². The predicted octanol–water partition coefficient (Wildman–Crippen LogP) is 3.00. The summed E-state index contributed by atoms with van der Waals surface area (Å²) >= 11 is 0. The van der Waals surface area contributed by atoms with Crippen LogP contribution in [0.25, 0.3) is 11.5 Å². The van der Waals surface area contributed by atoms with Crippen molar-refractivity contribution in [1.29, 1.82) is 0 Å². The maximum absolute atomic E-state index is 12.4. The molecule has 6 nitrogen and oxygen atoms in total. The number of hydrogen-bond donors (Lipinski definition) is 0. The van der Waals surface area contributed by atoms with Crippen molar-refractivity contribution in [3.63, 3.8) is 0 Å². The summed E-state index contributed by atoms with van der Waals surface area (Å²) in [5.74, 6) is 0.0884. The van der Waals surface area contributed by atoms with Gasteiger partial charge in [0.1, 0.15) is 5.75 Å². The molecule has 2 rings (SSSR count). The van der Waals surface area contributed by atoms with E-state index in [-0.39, 0.29) is 17.9 Å². The van der Waals surface area contributed by atoms with E-state index < -0.39 is 21.4 Å². The summed E-state index contributed by atoms with van der Waals surface area (Å²) in [6, 6.07) is 3.81. The Morgan fingerprint density at radius 3 is 2.61 bits per heavy atom. The van der Waals surface area contributed by atoms with Crippen LogP contribution in [0.5, 0.6) is 5.75 Å². The van der Waals surface area contributed by atoms with Crippen LogP contribution in [0.1, 0.15) is 11.4 Å². The Morgan fingerprint density at radius 1 is 1.39 bits per heavy atom. The molecule has 0 amide bonds. The molecule has 0 spiro atoms. The highest BCUT2D eigenvalue weighted by atomic mass is 32.2. The number of allylic oxidation sites excluding steroid dienone is 1. The number of nitrogens with zero attached hydrogens (tertiary/aromatic N) is 2. The molecule has 10 heteroatoms. The van der Waals surface area contributed by atoms with Gasteiger partial charge in [-0.05, 0) is 31.5 Å². The lowest BCUT2D eigenvalue weighted by Gasteiger charge is -2.12. The van der Waals surface area contributed by atoms with E-state index in [1.54, 1.807) is 6.92 Å². The molecule has 124 valence electrons. The summed E-state index contributed by atoms with van der Waals surface area (Å²) < 4.78 is 68.6. The third kappa shape index (κ3) is 3.70. The molecule has 23 heavy (non-hydrogen) atoms. The average molecular weight is 348 g/mol. The molecular weight excluding hydrogens is 337 g/mol. The van der Waals surface area contributed by atoms with Gasteiger partial charge < -0.3 is 8.71 Å². The molecule has 1 aromatic heterocycles. The van der Waals surface area contributed by atoms with Crippen LogP contribution < -0.4 is 4.18 Å². The Balaban J connectivity index is 2.43. The van der Waals surface area contributed by atoms with Crippen LogP contribution in [0.15, 0.2) is 35.4 Å². The van der Waals surface area contributed by atoms with Crippen molar-refractivity contribution < 1.29 is 30.3 Å². The first kappa shape index (κ1) is 17.0. The maximum atomic E-state index is 12.4. The first-order chi connectivity index (χ1) is 10.6. The van der Waals surface area contributed by atoms with E-state index in [0.29, 0.717) is 11.4 Å². The molecule has 1 heterocycles. The van der Waals surface area contributed by atoms with E-state index in [4.69, 9.17) is 4.52 Å². The number of hydrogen-bond acceptors (Lipinski definition) is 6. The van der Waals surface area contributed by atoms with E-state index in [0.717, 1.165) is 6.07 Å². The van der Waals surface area contributed by atoms with Crippen molar-refractivity contribution in [2.45, 2.75) is 18.9 Å². The molecule has 1 aromatic carbocycles. The van der Waals surface area contributed by atoms with E-state index >= 15 is 0 Å². The smallest absolute Gasteiger partial charge is 0.376 e. The van der Waals surface area contributed by atoms with Crippen LogP contribution >= 0.6 is 0 Å². The number of rotatable bonds is 5. The monoisotopic (exact) mass is 348 g/mol. The molecule has 0 saturated carbocycles. The number of aromatic nitrogens is 2. The zero-order chi connectivity index (χ0) is 17.3. The Hall–Kier alpha value is -2.36. The van der Waals surface area contributed by atoms with Crippen molar-refractivity contribution in [3.05, 3.63) is 42.2 Å². The zero-order valence-electron chi connectivity index (χ0n) is 11.8. The first-order valence-electron chi connectivity index (χ1n) is 6.19. The second-order valence-corrected chi connectivity index (χ2v) is 5.98. The van der Waals surface area contributed by atoms with Crippen molar-refractivity contribution in [1.82, 2.24) is 10.1 Å².